The maximum atomic E-state index is 13.0. The van der Waals surface area contributed by atoms with Crippen LogP contribution < -0.4 is 5.32 Å². The molecule has 3 atom stereocenters. The van der Waals surface area contributed by atoms with Gasteiger partial charge in [0.05, 0.1) is 24.8 Å². The van der Waals surface area contributed by atoms with Gasteiger partial charge in [-0.3, -0.25) is 10.1 Å². The van der Waals surface area contributed by atoms with Crippen LogP contribution in [0.2, 0.25) is 0 Å². The molecule has 17 heavy (non-hydrogen) atoms. The van der Waals surface area contributed by atoms with Crippen molar-refractivity contribution in [2.75, 3.05) is 19.6 Å². The van der Waals surface area contributed by atoms with Crippen LogP contribution in [0.25, 0.3) is 0 Å². The number of nitrogens with one attached hydrogen (secondary N) is 1. The highest BCUT2D eigenvalue weighted by Crippen LogP contribution is 2.26. The number of hydrogen-bond acceptors (Lipinski definition) is 3. The van der Waals surface area contributed by atoms with Crippen LogP contribution >= 0.6 is 0 Å². The molecule has 0 spiro atoms. The molecule has 0 radical (unpaired) electrons. The fourth-order valence-corrected chi connectivity index (χ4v) is 2.47. The van der Waals surface area contributed by atoms with Crippen LogP contribution in [0.3, 0.4) is 0 Å². The Morgan fingerprint density at radius 2 is 1.94 bits per heavy atom. The van der Waals surface area contributed by atoms with Crippen molar-refractivity contribution in [2.24, 2.45) is 0 Å². The number of amides is 1. The lowest BCUT2D eigenvalue weighted by molar-refractivity contribution is -0.145. The fourth-order valence-electron chi connectivity index (χ4n) is 2.47. The van der Waals surface area contributed by atoms with E-state index in [1.54, 1.807) is 4.90 Å². The lowest BCUT2D eigenvalue weighted by atomic mass is 10.1. The van der Waals surface area contributed by atoms with E-state index in [2.05, 4.69) is 5.32 Å². The Hall–Kier alpha value is -0.750. The molecule has 2 aliphatic rings. The van der Waals surface area contributed by atoms with E-state index in [9.17, 15) is 13.6 Å². The standard InChI is InChI=1S/C11H18F2N2O2/c1-7-4-15(5-8(2)17-7)10(16)9-3-11(12,13)6-14-9/h7-9,14H,3-6H2,1-2H3. The van der Waals surface area contributed by atoms with E-state index in [-0.39, 0.29) is 18.1 Å². The Bertz CT molecular complexity index is 302. The molecule has 2 fully saturated rings. The number of carbonyl (C=O) groups excluding carboxylic acids is 1. The number of alkyl halides is 2. The first-order chi connectivity index (χ1) is 7.87. The molecule has 2 aliphatic heterocycles. The fraction of sp³-hybridized carbons (Fsp3) is 0.909. The Balaban J connectivity index is 1.96. The van der Waals surface area contributed by atoms with Gasteiger partial charge < -0.3 is 9.64 Å². The summed E-state index contributed by atoms with van der Waals surface area (Å²) in [7, 11) is 0. The third kappa shape index (κ3) is 2.93. The predicted octanol–water partition coefficient (Wildman–Crippen LogP) is 0.619. The van der Waals surface area contributed by atoms with Gasteiger partial charge in [-0.1, -0.05) is 0 Å². The molecule has 0 aromatic heterocycles. The van der Waals surface area contributed by atoms with Crippen LogP contribution in [0, 0.1) is 0 Å². The lowest BCUT2D eigenvalue weighted by Gasteiger charge is -2.36. The summed E-state index contributed by atoms with van der Waals surface area (Å²) in [5, 5.41) is 2.59. The van der Waals surface area contributed by atoms with Crippen LogP contribution in [0.1, 0.15) is 20.3 Å². The van der Waals surface area contributed by atoms with Gasteiger partial charge in [-0.15, -0.1) is 0 Å². The summed E-state index contributed by atoms with van der Waals surface area (Å²) < 4.78 is 31.5. The minimum Gasteiger partial charge on any atom is -0.372 e. The normalized spacial score (nSPS) is 37.2. The number of nitrogens with zero attached hydrogens (tertiary/aromatic N) is 1. The monoisotopic (exact) mass is 248 g/mol. The van der Waals surface area contributed by atoms with Gasteiger partial charge >= 0.3 is 0 Å². The Kier molecular flexibility index (Phi) is 3.36. The molecule has 0 aliphatic carbocycles. The van der Waals surface area contributed by atoms with Gasteiger partial charge in [0.1, 0.15) is 0 Å². The Morgan fingerprint density at radius 1 is 1.35 bits per heavy atom. The predicted molar refractivity (Wildman–Crippen MR) is 57.9 cm³/mol. The molecule has 2 saturated heterocycles. The van der Waals surface area contributed by atoms with Crippen molar-refractivity contribution in [3.63, 3.8) is 0 Å². The summed E-state index contributed by atoms with van der Waals surface area (Å²) in [6.45, 7) is 4.32. The molecule has 1 amide bonds. The molecule has 2 rings (SSSR count). The zero-order valence-electron chi connectivity index (χ0n) is 10.1. The van der Waals surface area contributed by atoms with Gasteiger partial charge in [0.15, 0.2) is 0 Å². The highest BCUT2D eigenvalue weighted by atomic mass is 19.3. The van der Waals surface area contributed by atoms with Gasteiger partial charge in [0, 0.05) is 19.5 Å². The molecular weight excluding hydrogens is 230 g/mol. The second kappa shape index (κ2) is 4.49. The van der Waals surface area contributed by atoms with E-state index >= 15 is 0 Å². The van der Waals surface area contributed by atoms with Crippen molar-refractivity contribution in [3.8, 4) is 0 Å². The third-order valence-corrected chi connectivity index (χ3v) is 3.14. The molecule has 0 aromatic carbocycles. The van der Waals surface area contributed by atoms with Crippen LogP contribution in [0.4, 0.5) is 8.78 Å². The number of morpholine rings is 1. The van der Waals surface area contributed by atoms with Crippen molar-refractivity contribution >= 4 is 5.91 Å². The average molecular weight is 248 g/mol. The van der Waals surface area contributed by atoms with Crippen molar-refractivity contribution in [2.45, 2.75) is 44.4 Å². The van der Waals surface area contributed by atoms with E-state index in [0.29, 0.717) is 13.1 Å². The van der Waals surface area contributed by atoms with E-state index in [1.165, 1.54) is 0 Å². The second-order valence-corrected chi connectivity index (χ2v) is 4.99. The van der Waals surface area contributed by atoms with Gasteiger partial charge in [-0.2, -0.15) is 0 Å². The van der Waals surface area contributed by atoms with Gasteiger partial charge in [0.25, 0.3) is 5.92 Å². The van der Waals surface area contributed by atoms with E-state index in [0.717, 1.165) is 0 Å². The molecule has 0 aromatic rings. The molecule has 3 unspecified atom stereocenters. The second-order valence-electron chi connectivity index (χ2n) is 4.99. The number of hydrogen-bond donors (Lipinski definition) is 1. The van der Waals surface area contributed by atoms with Gasteiger partial charge in [-0.05, 0) is 13.8 Å². The van der Waals surface area contributed by atoms with Crippen molar-refractivity contribution in [1.29, 1.82) is 0 Å². The maximum absolute atomic E-state index is 13.0. The Morgan fingerprint density at radius 3 is 2.41 bits per heavy atom. The summed E-state index contributed by atoms with van der Waals surface area (Å²) >= 11 is 0. The largest absolute Gasteiger partial charge is 0.372 e. The molecule has 0 saturated carbocycles. The molecule has 4 nitrogen and oxygen atoms in total. The Labute approximate surface area is 99.3 Å². The molecule has 0 bridgehead atoms. The van der Waals surface area contributed by atoms with E-state index in [4.69, 9.17) is 4.74 Å². The van der Waals surface area contributed by atoms with E-state index < -0.39 is 24.9 Å². The molecule has 6 heteroatoms. The third-order valence-electron chi connectivity index (χ3n) is 3.14. The lowest BCUT2D eigenvalue weighted by Crippen LogP contribution is -2.53. The van der Waals surface area contributed by atoms with Crippen LogP contribution in [0.15, 0.2) is 0 Å². The van der Waals surface area contributed by atoms with Crippen LogP contribution in [0.5, 0.6) is 0 Å². The first-order valence-corrected chi connectivity index (χ1v) is 5.93. The number of carbonyl (C=O) groups is 1. The average Bonchev–Trinajstić information content (AvgIpc) is 2.56. The van der Waals surface area contributed by atoms with Gasteiger partial charge in [-0.25, -0.2) is 8.78 Å². The van der Waals surface area contributed by atoms with Crippen LogP contribution in [-0.2, 0) is 9.53 Å². The van der Waals surface area contributed by atoms with Crippen molar-refractivity contribution < 1.29 is 18.3 Å². The molecule has 2 heterocycles. The van der Waals surface area contributed by atoms with Gasteiger partial charge in [0.2, 0.25) is 5.91 Å². The number of halogens is 2. The quantitative estimate of drug-likeness (QED) is 0.739. The first-order valence-electron chi connectivity index (χ1n) is 5.93. The summed E-state index contributed by atoms with van der Waals surface area (Å²) in [5.74, 6) is -2.99. The highest BCUT2D eigenvalue weighted by molar-refractivity contribution is 5.82. The minimum atomic E-state index is -2.76. The number of rotatable bonds is 1. The zero-order valence-corrected chi connectivity index (χ0v) is 10.1. The summed E-state index contributed by atoms with van der Waals surface area (Å²) in [5.41, 5.74) is 0. The first kappa shape index (κ1) is 12.7. The maximum Gasteiger partial charge on any atom is 0.262 e. The SMILES string of the molecule is CC1CN(C(=O)C2CC(F)(F)CN2)CC(C)O1. The van der Waals surface area contributed by atoms with E-state index in [1.807, 2.05) is 13.8 Å². The summed E-state index contributed by atoms with van der Waals surface area (Å²) in [4.78, 5) is 13.7. The van der Waals surface area contributed by atoms with Crippen molar-refractivity contribution in [1.82, 2.24) is 10.2 Å². The zero-order chi connectivity index (χ0) is 12.6. The topological polar surface area (TPSA) is 41.6 Å². The smallest absolute Gasteiger partial charge is 0.262 e. The van der Waals surface area contributed by atoms with Crippen molar-refractivity contribution in [3.05, 3.63) is 0 Å². The number of ether oxygens (including phenoxy) is 1. The molecule has 1 N–H and O–H groups in total. The molecular formula is C11H18F2N2O2. The minimum absolute atomic E-state index is 0.0374. The summed E-state index contributed by atoms with van der Waals surface area (Å²) in [6, 6.07) is -0.748. The molecule has 98 valence electrons. The summed E-state index contributed by atoms with van der Waals surface area (Å²) in [6.07, 6.45) is -0.472. The van der Waals surface area contributed by atoms with Crippen LogP contribution in [-0.4, -0.2) is 54.6 Å². The highest BCUT2D eigenvalue weighted by Gasteiger charge is 2.44.